The summed E-state index contributed by atoms with van der Waals surface area (Å²) < 4.78 is 11.4. The van der Waals surface area contributed by atoms with Gasteiger partial charge in [0, 0.05) is 30.9 Å². The third-order valence-corrected chi connectivity index (χ3v) is 6.30. The molecule has 2 aromatic carbocycles. The van der Waals surface area contributed by atoms with E-state index in [1.165, 1.54) is 4.90 Å². The lowest BCUT2D eigenvalue weighted by atomic mass is 9.94. The van der Waals surface area contributed by atoms with Gasteiger partial charge in [0.1, 0.15) is 23.4 Å². The van der Waals surface area contributed by atoms with Crippen LogP contribution in [0, 0.1) is 0 Å². The number of ketones is 1. The van der Waals surface area contributed by atoms with Gasteiger partial charge in [-0.15, -0.1) is 0 Å². The van der Waals surface area contributed by atoms with Gasteiger partial charge >= 0.3 is 0 Å². The summed E-state index contributed by atoms with van der Waals surface area (Å²) in [6.07, 6.45) is 4.05. The molecule has 1 amide bonds. The van der Waals surface area contributed by atoms with Crippen LogP contribution in [0.1, 0.15) is 42.1 Å². The first-order valence-electron chi connectivity index (χ1n) is 11.7. The van der Waals surface area contributed by atoms with Gasteiger partial charge in [-0.2, -0.15) is 0 Å². The highest BCUT2D eigenvalue weighted by Crippen LogP contribution is 2.42. The van der Waals surface area contributed by atoms with Crippen molar-refractivity contribution in [2.24, 2.45) is 0 Å². The number of hydrogen-bond donors (Lipinski definition) is 1. The maximum Gasteiger partial charge on any atom is 0.295 e. The highest BCUT2D eigenvalue weighted by atomic mass is 16.5. The van der Waals surface area contributed by atoms with E-state index in [2.05, 4.69) is 4.98 Å². The van der Waals surface area contributed by atoms with E-state index in [1.807, 2.05) is 44.2 Å². The summed E-state index contributed by atoms with van der Waals surface area (Å²) >= 11 is 0. The third-order valence-electron chi connectivity index (χ3n) is 6.30. The number of aliphatic hydroxyl groups is 1. The van der Waals surface area contributed by atoms with E-state index in [-0.39, 0.29) is 24.0 Å². The SMILES string of the molecule is CCOc1cccc([C@H]2C(=C(O)c3ccc4c(c3)C[C@H](C)O4)C(=O)C(=O)N2Cc2ccncc2)c1. The van der Waals surface area contributed by atoms with Crippen molar-refractivity contribution < 1.29 is 24.2 Å². The Labute approximate surface area is 203 Å². The Morgan fingerprint density at radius 3 is 2.71 bits per heavy atom. The fourth-order valence-electron chi connectivity index (χ4n) is 4.74. The van der Waals surface area contributed by atoms with Gasteiger partial charge < -0.3 is 19.5 Å². The second-order valence-electron chi connectivity index (χ2n) is 8.74. The molecular formula is C28H26N2O5. The fourth-order valence-corrected chi connectivity index (χ4v) is 4.74. The Kier molecular flexibility index (Phi) is 5.99. The summed E-state index contributed by atoms with van der Waals surface area (Å²) in [5.41, 5.74) is 3.02. The van der Waals surface area contributed by atoms with E-state index < -0.39 is 17.7 Å². The molecule has 35 heavy (non-hydrogen) atoms. The minimum Gasteiger partial charge on any atom is -0.507 e. The predicted octanol–water partition coefficient (Wildman–Crippen LogP) is 4.43. The molecule has 1 aromatic heterocycles. The molecule has 0 saturated carbocycles. The Morgan fingerprint density at radius 1 is 1.14 bits per heavy atom. The van der Waals surface area contributed by atoms with Gasteiger partial charge in [-0.05, 0) is 73.0 Å². The number of ether oxygens (including phenoxy) is 2. The number of benzene rings is 2. The van der Waals surface area contributed by atoms with Crippen molar-refractivity contribution in [3.05, 3.63) is 94.8 Å². The average Bonchev–Trinajstić information content (AvgIpc) is 3.35. The minimum atomic E-state index is -0.771. The Balaban J connectivity index is 1.63. The van der Waals surface area contributed by atoms with Crippen LogP contribution in [0.5, 0.6) is 11.5 Å². The van der Waals surface area contributed by atoms with Crippen LogP contribution in [0.4, 0.5) is 0 Å². The van der Waals surface area contributed by atoms with Crippen LogP contribution in [0.2, 0.25) is 0 Å². The molecule has 2 aliphatic heterocycles. The largest absolute Gasteiger partial charge is 0.507 e. The molecule has 0 aliphatic carbocycles. The number of nitrogens with zero attached hydrogens (tertiary/aromatic N) is 2. The van der Waals surface area contributed by atoms with Gasteiger partial charge in [-0.25, -0.2) is 0 Å². The second-order valence-corrected chi connectivity index (χ2v) is 8.74. The van der Waals surface area contributed by atoms with Crippen LogP contribution in [0.3, 0.4) is 0 Å². The molecular weight excluding hydrogens is 444 g/mol. The lowest BCUT2D eigenvalue weighted by Gasteiger charge is -2.25. The van der Waals surface area contributed by atoms with E-state index in [4.69, 9.17) is 9.47 Å². The topological polar surface area (TPSA) is 89.0 Å². The summed E-state index contributed by atoms with van der Waals surface area (Å²) in [6.45, 7) is 4.55. The molecule has 0 unspecified atom stereocenters. The van der Waals surface area contributed by atoms with E-state index in [0.717, 1.165) is 16.9 Å². The van der Waals surface area contributed by atoms with Crippen molar-refractivity contribution in [3.8, 4) is 11.5 Å². The van der Waals surface area contributed by atoms with Gasteiger partial charge in [-0.1, -0.05) is 12.1 Å². The fraction of sp³-hybridized carbons (Fsp3) is 0.250. The average molecular weight is 471 g/mol. The van der Waals surface area contributed by atoms with Crippen molar-refractivity contribution in [2.45, 2.75) is 39.0 Å². The molecule has 7 nitrogen and oxygen atoms in total. The van der Waals surface area contributed by atoms with Crippen LogP contribution in [-0.2, 0) is 22.6 Å². The first kappa shape index (κ1) is 22.7. The second kappa shape index (κ2) is 9.25. The Morgan fingerprint density at radius 2 is 1.94 bits per heavy atom. The van der Waals surface area contributed by atoms with E-state index in [9.17, 15) is 14.7 Å². The molecule has 0 bridgehead atoms. The summed E-state index contributed by atoms with van der Waals surface area (Å²) in [6, 6.07) is 15.5. The van der Waals surface area contributed by atoms with Crippen molar-refractivity contribution in [1.82, 2.24) is 9.88 Å². The Bertz CT molecular complexity index is 1320. The molecule has 0 radical (unpaired) electrons. The molecule has 3 heterocycles. The zero-order chi connectivity index (χ0) is 24.5. The molecule has 5 rings (SSSR count). The van der Waals surface area contributed by atoms with Gasteiger partial charge in [0.2, 0.25) is 0 Å². The Hall–Kier alpha value is -4.13. The quantitative estimate of drug-likeness (QED) is 0.326. The maximum absolute atomic E-state index is 13.3. The van der Waals surface area contributed by atoms with E-state index in [1.54, 1.807) is 36.7 Å². The molecule has 2 atom stereocenters. The van der Waals surface area contributed by atoms with Gasteiger partial charge in [-0.3, -0.25) is 14.6 Å². The van der Waals surface area contributed by atoms with Crippen LogP contribution in [0.15, 0.2) is 72.6 Å². The number of Topliss-reactive ketones (excluding diaryl/α,β-unsaturated/α-hetero) is 1. The summed E-state index contributed by atoms with van der Waals surface area (Å²) in [7, 11) is 0. The molecule has 178 valence electrons. The van der Waals surface area contributed by atoms with E-state index in [0.29, 0.717) is 29.9 Å². The van der Waals surface area contributed by atoms with Crippen LogP contribution in [-0.4, -0.2) is 39.4 Å². The number of likely N-dealkylation sites (tertiary alicyclic amines) is 1. The summed E-state index contributed by atoms with van der Waals surface area (Å²) in [5.74, 6) is -0.173. The number of amides is 1. The lowest BCUT2D eigenvalue weighted by molar-refractivity contribution is -0.140. The normalized spacial score (nSPS) is 20.6. The summed E-state index contributed by atoms with van der Waals surface area (Å²) in [5, 5.41) is 11.4. The standard InChI is InChI=1S/C28H26N2O5/c1-3-34-22-6-4-5-19(15-22)25-24(26(31)20-7-8-23-21(14-20)13-17(2)35-23)27(32)28(33)30(25)16-18-9-11-29-12-10-18/h4-12,14-15,17,25,31H,3,13,16H2,1-2H3/t17-,25-/m0/s1. The number of aromatic nitrogens is 1. The molecule has 1 saturated heterocycles. The van der Waals surface area contributed by atoms with Crippen LogP contribution >= 0.6 is 0 Å². The third kappa shape index (κ3) is 4.25. The molecule has 2 aliphatic rings. The van der Waals surface area contributed by atoms with E-state index >= 15 is 0 Å². The first-order valence-corrected chi connectivity index (χ1v) is 11.7. The highest BCUT2D eigenvalue weighted by Gasteiger charge is 2.46. The number of carbonyl (C=O) groups excluding carboxylic acids is 2. The van der Waals surface area contributed by atoms with Crippen molar-refractivity contribution in [2.75, 3.05) is 6.61 Å². The molecule has 1 fully saturated rings. The van der Waals surface area contributed by atoms with Gasteiger partial charge in [0.25, 0.3) is 11.7 Å². The van der Waals surface area contributed by atoms with Crippen molar-refractivity contribution in [3.63, 3.8) is 0 Å². The smallest absolute Gasteiger partial charge is 0.295 e. The molecule has 0 spiro atoms. The molecule has 7 heteroatoms. The zero-order valence-electron chi connectivity index (χ0n) is 19.6. The zero-order valence-corrected chi connectivity index (χ0v) is 19.6. The van der Waals surface area contributed by atoms with Gasteiger partial charge in [0.05, 0.1) is 18.2 Å². The predicted molar refractivity (Wildman–Crippen MR) is 130 cm³/mol. The number of rotatable bonds is 6. The monoisotopic (exact) mass is 470 g/mol. The first-order chi connectivity index (χ1) is 17.0. The lowest BCUT2D eigenvalue weighted by Crippen LogP contribution is -2.29. The minimum absolute atomic E-state index is 0.0506. The van der Waals surface area contributed by atoms with Crippen LogP contribution < -0.4 is 9.47 Å². The molecule has 1 N–H and O–H groups in total. The van der Waals surface area contributed by atoms with Crippen molar-refractivity contribution >= 4 is 17.4 Å². The number of fused-ring (bicyclic) bond motifs is 1. The highest BCUT2D eigenvalue weighted by molar-refractivity contribution is 6.46. The van der Waals surface area contributed by atoms with Crippen LogP contribution in [0.25, 0.3) is 5.76 Å². The number of hydrogen-bond acceptors (Lipinski definition) is 6. The number of carbonyl (C=O) groups is 2. The maximum atomic E-state index is 13.3. The molecule has 3 aromatic rings. The number of pyridine rings is 1. The summed E-state index contributed by atoms with van der Waals surface area (Å²) in [4.78, 5) is 32.1. The van der Waals surface area contributed by atoms with Crippen molar-refractivity contribution in [1.29, 1.82) is 0 Å². The number of aliphatic hydroxyl groups excluding tert-OH is 1. The van der Waals surface area contributed by atoms with Gasteiger partial charge in [0.15, 0.2) is 0 Å².